The Bertz CT molecular complexity index is 179. The van der Waals surface area contributed by atoms with Crippen molar-refractivity contribution in [2.45, 2.75) is 44.5 Å². The van der Waals surface area contributed by atoms with E-state index in [2.05, 4.69) is 0 Å². The van der Waals surface area contributed by atoms with Gasteiger partial charge in [0, 0.05) is 18.6 Å². The quantitative estimate of drug-likeness (QED) is 0.785. The molecule has 1 N–H and O–H groups in total. The zero-order chi connectivity index (χ0) is 11.3. The topological polar surface area (TPSA) is 38.7 Å². The highest BCUT2D eigenvalue weighted by Gasteiger charge is 2.25. The van der Waals surface area contributed by atoms with E-state index in [-0.39, 0.29) is 17.8 Å². The van der Waals surface area contributed by atoms with Gasteiger partial charge in [0.15, 0.2) is 0 Å². The van der Waals surface area contributed by atoms with Crippen LogP contribution in [-0.2, 0) is 9.47 Å². The molecule has 0 aromatic carbocycles. The maximum atomic E-state index is 9.94. The van der Waals surface area contributed by atoms with Crippen LogP contribution in [0.25, 0.3) is 0 Å². The summed E-state index contributed by atoms with van der Waals surface area (Å²) >= 11 is 1.85. The largest absolute Gasteiger partial charge is 0.390 e. The maximum Gasteiger partial charge on any atom is 0.0924 e. The molecule has 0 spiro atoms. The van der Waals surface area contributed by atoms with Gasteiger partial charge in [-0.15, -0.1) is 0 Å². The van der Waals surface area contributed by atoms with Crippen LogP contribution < -0.4 is 0 Å². The van der Waals surface area contributed by atoms with Crippen LogP contribution >= 0.6 is 11.8 Å². The van der Waals surface area contributed by atoms with Gasteiger partial charge in [-0.1, -0.05) is 0 Å². The summed E-state index contributed by atoms with van der Waals surface area (Å²) in [5.74, 6) is 1.96. The molecule has 0 radical (unpaired) electrons. The van der Waals surface area contributed by atoms with E-state index in [9.17, 15) is 5.11 Å². The molecule has 1 aliphatic heterocycles. The number of hydrogen-bond donors (Lipinski definition) is 1. The fraction of sp³-hybridized carbons (Fsp3) is 1.00. The third-order valence-corrected chi connectivity index (χ3v) is 3.89. The van der Waals surface area contributed by atoms with Crippen molar-refractivity contribution in [3.05, 3.63) is 0 Å². The van der Waals surface area contributed by atoms with Crippen molar-refractivity contribution >= 4 is 11.8 Å². The summed E-state index contributed by atoms with van der Waals surface area (Å²) in [6, 6.07) is 0. The van der Waals surface area contributed by atoms with E-state index >= 15 is 0 Å². The average Bonchev–Trinajstić information content (AvgIpc) is 2.27. The van der Waals surface area contributed by atoms with Gasteiger partial charge >= 0.3 is 0 Å². The highest BCUT2D eigenvalue weighted by atomic mass is 32.2. The molecule has 0 aliphatic carbocycles. The zero-order valence-electron chi connectivity index (χ0n) is 9.86. The number of thioether (sulfide) groups is 1. The summed E-state index contributed by atoms with van der Waals surface area (Å²) in [6.07, 6.45) is 1.25. The smallest absolute Gasteiger partial charge is 0.0924 e. The van der Waals surface area contributed by atoms with Crippen LogP contribution in [0.5, 0.6) is 0 Å². The molecule has 0 bridgehead atoms. The molecule has 0 aromatic rings. The minimum Gasteiger partial charge on any atom is -0.390 e. The van der Waals surface area contributed by atoms with Crippen molar-refractivity contribution in [1.29, 1.82) is 0 Å². The van der Waals surface area contributed by atoms with Crippen molar-refractivity contribution in [3.8, 4) is 0 Å². The third kappa shape index (κ3) is 4.72. The van der Waals surface area contributed by atoms with Crippen molar-refractivity contribution in [2.24, 2.45) is 0 Å². The fourth-order valence-corrected chi connectivity index (χ4v) is 2.44. The molecule has 1 fully saturated rings. The van der Waals surface area contributed by atoms with E-state index in [4.69, 9.17) is 9.47 Å². The molecule has 0 aromatic heterocycles. The first kappa shape index (κ1) is 13.3. The molecular formula is C11H22O3S. The Labute approximate surface area is 96.5 Å². The summed E-state index contributed by atoms with van der Waals surface area (Å²) in [5.41, 5.74) is -0.150. The van der Waals surface area contributed by atoms with E-state index in [0.29, 0.717) is 0 Å². The van der Waals surface area contributed by atoms with Crippen LogP contribution in [-0.4, -0.2) is 48.1 Å². The van der Waals surface area contributed by atoms with Gasteiger partial charge in [-0.05, 0) is 26.7 Å². The summed E-state index contributed by atoms with van der Waals surface area (Å²) in [6.45, 7) is 4.84. The second-order valence-corrected chi connectivity index (χ2v) is 5.70. The van der Waals surface area contributed by atoms with Crippen molar-refractivity contribution < 1.29 is 14.6 Å². The maximum absolute atomic E-state index is 9.94. The number of aliphatic hydroxyl groups is 1. The van der Waals surface area contributed by atoms with E-state index in [1.807, 2.05) is 25.6 Å². The molecule has 3 nitrogen and oxygen atoms in total. The fourth-order valence-electron chi connectivity index (χ4n) is 1.51. The zero-order valence-corrected chi connectivity index (χ0v) is 10.7. The summed E-state index contributed by atoms with van der Waals surface area (Å²) in [5, 5.41) is 9.94. The van der Waals surface area contributed by atoms with Crippen molar-refractivity contribution in [1.82, 2.24) is 0 Å². The number of aliphatic hydroxyl groups excluding tert-OH is 1. The molecule has 15 heavy (non-hydrogen) atoms. The molecule has 90 valence electrons. The molecule has 4 heteroatoms. The lowest BCUT2D eigenvalue weighted by Gasteiger charge is -2.29. The predicted octanol–water partition coefficient (Wildman–Crippen LogP) is 1.68. The number of rotatable bonds is 5. The summed E-state index contributed by atoms with van der Waals surface area (Å²) < 4.78 is 10.8. The highest BCUT2D eigenvalue weighted by molar-refractivity contribution is 7.99. The van der Waals surface area contributed by atoms with Gasteiger partial charge in [0.1, 0.15) is 0 Å². The Hall–Kier alpha value is 0.230. The molecule has 2 unspecified atom stereocenters. The van der Waals surface area contributed by atoms with Gasteiger partial charge < -0.3 is 14.6 Å². The normalized spacial score (nSPS) is 25.2. The first-order valence-electron chi connectivity index (χ1n) is 5.48. The Morgan fingerprint density at radius 3 is 2.87 bits per heavy atom. The number of methoxy groups -OCH3 is 1. The van der Waals surface area contributed by atoms with E-state index in [1.54, 1.807) is 7.11 Å². The second-order valence-electron chi connectivity index (χ2n) is 4.55. The number of hydrogen-bond acceptors (Lipinski definition) is 4. The van der Waals surface area contributed by atoms with E-state index in [0.717, 1.165) is 31.0 Å². The average molecular weight is 234 g/mol. The van der Waals surface area contributed by atoms with Crippen LogP contribution in [0.4, 0.5) is 0 Å². The predicted molar refractivity (Wildman–Crippen MR) is 63.4 cm³/mol. The standard InChI is InChI=1S/C11H22O3S/c1-11(2,13-3)5-4-9(12)10-8-15-7-6-14-10/h9-10,12H,4-8H2,1-3H3. The second kappa shape index (κ2) is 6.09. The Balaban J connectivity index is 2.25. The van der Waals surface area contributed by atoms with E-state index in [1.165, 1.54) is 0 Å². The van der Waals surface area contributed by atoms with Crippen LogP contribution in [0.3, 0.4) is 0 Å². The van der Waals surface area contributed by atoms with Gasteiger partial charge in [0.25, 0.3) is 0 Å². The Morgan fingerprint density at radius 2 is 2.33 bits per heavy atom. The summed E-state index contributed by atoms with van der Waals surface area (Å²) in [4.78, 5) is 0. The van der Waals surface area contributed by atoms with Crippen molar-refractivity contribution in [3.63, 3.8) is 0 Å². The molecule has 0 amide bonds. The molecule has 1 aliphatic rings. The Morgan fingerprint density at radius 1 is 1.60 bits per heavy atom. The molecule has 1 heterocycles. The Kier molecular flexibility index (Phi) is 5.39. The molecule has 0 saturated carbocycles. The highest BCUT2D eigenvalue weighted by Crippen LogP contribution is 2.22. The first-order valence-corrected chi connectivity index (χ1v) is 6.63. The van der Waals surface area contributed by atoms with Crippen molar-refractivity contribution in [2.75, 3.05) is 25.2 Å². The molecule has 1 saturated heterocycles. The van der Waals surface area contributed by atoms with Gasteiger partial charge in [-0.2, -0.15) is 11.8 Å². The van der Waals surface area contributed by atoms with Crippen LogP contribution in [0.15, 0.2) is 0 Å². The van der Waals surface area contributed by atoms with Crippen LogP contribution in [0.1, 0.15) is 26.7 Å². The number of ether oxygens (including phenoxy) is 2. The van der Waals surface area contributed by atoms with Crippen LogP contribution in [0.2, 0.25) is 0 Å². The minimum atomic E-state index is -0.354. The monoisotopic (exact) mass is 234 g/mol. The van der Waals surface area contributed by atoms with Gasteiger partial charge in [-0.3, -0.25) is 0 Å². The van der Waals surface area contributed by atoms with Gasteiger partial charge in [0.2, 0.25) is 0 Å². The summed E-state index contributed by atoms with van der Waals surface area (Å²) in [7, 11) is 1.71. The molecular weight excluding hydrogens is 212 g/mol. The first-order chi connectivity index (χ1) is 7.05. The van der Waals surface area contributed by atoms with Gasteiger partial charge in [0.05, 0.1) is 24.4 Å². The van der Waals surface area contributed by atoms with Gasteiger partial charge in [-0.25, -0.2) is 0 Å². The lowest BCUT2D eigenvalue weighted by atomic mass is 9.98. The third-order valence-electron chi connectivity index (χ3n) is 2.87. The van der Waals surface area contributed by atoms with Crippen LogP contribution in [0, 0.1) is 0 Å². The lowest BCUT2D eigenvalue weighted by Crippen LogP contribution is -2.36. The minimum absolute atomic E-state index is 0.0106. The lowest BCUT2D eigenvalue weighted by molar-refractivity contribution is -0.0438. The molecule has 1 rings (SSSR count). The van der Waals surface area contributed by atoms with E-state index < -0.39 is 0 Å². The SMILES string of the molecule is COC(C)(C)CCC(O)C1CSCCO1. The molecule has 2 atom stereocenters.